The van der Waals surface area contributed by atoms with Gasteiger partial charge in [0.15, 0.2) is 0 Å². The predicted octanol–water partition coefficient (Wildman–Crippen LogP) is 1.98. The first-order chi connectivity index (χ1) is 13.3. The summed E-state index contributed by atoms with van der Waals surface area (Å²) >= 11 is 0. The summed E-state index contributed by atoms with van der Waals surface area (Å²) in [5, 5.41) is 10.7. The maximum atomic E-state index is 12.7. The number of hydrogen-bond donors (Lipinski definition) is 0. The fourth-order valence-corrected chi connectivity index (χ4v) is 4.48. The molecular weight excluding hydrogens is 382 g/mol. The normalized spacial score (nSPS) is 15.4. The molecule has 0 saturated carbocycles. The van der Waals surface area contributed by atoms with E-state index in [0.29, 0.717) is 18.7 Å². The van der Waals surface area contributed by atoms with Gasteiger partial charge in [0.25, 0.3) is 5.69 Å². The average molecular weight is 403 g/mol. The molecule has 0 radical (unpaired) electrons. The zero-order valence-corrected chi connectivity index (χ0v) is 16.3. The van der Waals surface area contributed by atoms with E-state index < -0.39 is 14.9 Å². The lowest BCUT2D eigenvalue weighted by molar-refractivity contribution is -0.384. The van der Waals surface area contributed by atoms with Crippen molar-refractivity contribution in [3.05, 3.63) is 69.8 Å². The van der Waals surface area contributed by atoms with Gasteiger partial charge in [-0.2, -0.15) is 4.31 Å². The summed E-state index contributed by atoms with van der Waals surface area (Å²) < 4.78 is 26.8. The molecule has 1 heterocycles. The molecule has 148 valence electrons. The molecule has 0 aromatic heterocycles. The average Bonchev–Trinajstić information content (AvgIpc) is 2.69. The molecule has 0 N–H and O–H groups in total. The number of nitrogens with zero attached hydrogens (tertiary/aromatic N) is 3. The van der Waals surface area contributed by atoms with Gasteiger partial charge < -0.3 is 4.90 Å². The van der Waals surface area contributed by atoms with Crippen molar-refractivity contribution in [2.45, 2.75) is 18.2 Å². The van der Waals surface area contributed by atoms with E-state index in [1.165, 1.54) is 16.4 Å². The molecule has 3 rings (SSSR count). The van der Waals surface area contributed by atoms with Gasteiger partial charge in [-0.1, -0.05) is 29.8 Å². The Labute approximate surface area is 163 Å². The molecule has 1 fully saturated rings. The van der Waals surface area contributed by atoms with E-state index in [1.807, 2.05) is 6.92 Å². The van der Waals surface area contributed by atoms with Crippen LogP contribution in [0.25, 0.3) is 0 Å². The molecule has 1 saturated heterocycles. The number of non-ortho nitro benzene ring substituents is 1. The van der Waals surface area contributed by atoms with Crippen molar-refractivity contribution < 1.29 is 18.1 Å². The Kier molecular flexibility index (Phi) is 5.76. The zero-order chi connectivity index (χ0) is 20.3. The van der Waals surface area contributed by atoms with E-state index in [1.54, 1.807) is 41.3 Å². The van der Waals surface area contributed by atoms with Crippen LogP contribution in [0.15, 0.2) is 53.4 Å². The van der Waals surface area contributed by atoms with Gasteiger partial charge >= 0.3 is 0 Å². The Hall–Kier alpha value is -2.78. The van der Waals surface area contributed by atoms with Crippen LogP contribution >= 0.6 is 0 Å². The summed E-state index contributed by atoms with van der Waals surface area (Å²) in [6, 6.07) is 12.6. The van der Waals surface area contributed by atoms with Crippen LogP contribution in [0.4, 0.5) is 5.69 Å². The lowest BCUT2D eigenvalue weighted by Gasteiger charge is -2.34. The van der Waals surface area contributed by atoms with Crippen LogP contribution in [0, 0.1) is 17.0 Å². The van der Waals surface area contributed by atoms with E-state index in [9.17, 15) is 23.3 Å². The van der Waals surface area contributed by atoms with Gasteiger partial charge in [-0.3, -0.25) is 14.9 Å². The van der Waals surface area contributed by atoms with Crippen LogP contribution in [-0.2, 0) is 21.2 Å². The number of piperazine rings is 1. The first-order valence-electron chi connectivity index (χ1n) is 8.85. The van der Waals surface area contributed by atoms with Crippen molar-refractivity contribution in [3.8, 4) is 0 Å². The molecule has 0 spiro atoms. The molecule has 0 aliphatic carbocycles. The molecule has 1 amide bonds. The molecule has 9 heteroatoms. The molecule has 0 atom stereocenters. The molecule has 8 nitrogen and oxygen atoms in total. The second-order valence-corrected chi connectivity index (χ2v) is 8.64. The standard InChI is InChI=1S/C19H21N3O5S/c1-15-2-8-18(9-3-15)28(26,27)21-12-10-20(11-13-21)19(23)14-16-4-6-17(7-5-16)22(24)25/h2-9H,10-14H2,1H3. The third-order valence-corrected chi connectivity index (χ3v) is 6.67. The van der Waals surface area contributed by atoms with Crippen LogP contribution < -0.4 is 0 Å². The van der Waals surface area contributed by atoms with E-state index in [-0.39, 0.29) is 36.0 Å². The summed E-state index contributed by atoms with van der Waals surface area (Å²) in [5.74, 6) is -0.124. The molecule has 0 unspecified atom stereocenters. The fourth-order valence-electron chi connectivity index (χ4n) is 3.06. The van der Waals surface area contributed by atoms with Crippen LogP contribution in [0.1, 0.15) is 11.1 Å². The number of hydrogen-bond acceptors (Lipinski definition) is 5. The minimum atomic E-state index is -3.57. The number of nitro groups is 1. The van der Waals surface area contributed by atoms with Gasteiger partial charge in [-0.15, -0.1) is 0 Å². The Morgan fingerprint density at radius 2 is 1.57 bits per heavy atom. The van der Waals surface area contributed by atoms with Crippen LogP contribution in [0.2, 0.25) is 0 Å². The maximum Gasteiger partial charge on any atom is 0.269 e. The number of sulfonamides is 1. The van der Waals surface area contributed by atoms with Gasteiger partial charge in [0, 0.05) is 38.3 Å². The second-order valence-electron chi connectivity index (χ2n) is 6.70. The molecule has 1 aliphatic heterocycles. The molecule has 2 aromatic carbocycles. The van der Waals surface area contributed by atoms with Crippen molar-refractivity contribution in [1.29, 1.82) is 0 Å². The SMILES string of the molecule is Cc1ccc(S(=O)(=O)N2CCN(C(=O)Cc3ccc([N+](=O)[O-])cc3)CC2)cc1. The van der Waals surface area contributed by atoms with Gasteiger partial charge in [0.05, 0.1) is 16.2 Å². The molecule has 28 heavy (non-hydrogen) atoms. The first kappa shape index (κ1) is 20.0. The lowest BCUT2D eigenvalue weighted by Crippen LogP contribution is -2.50. The first-order valence-corrected chi connectivity index (χ1v) is 10.3. The van der Waals surface area contributed by atoms with Crippen molar-refractivity contribution in [1.82, 2.24) is 9.21 Å². The molecule has 0 bridgehead atoms. The number of carbonyl (C=O) groups is 1. The number of carbonyl (C=O) groups excluding carboxylic acids is 1. The number of aryl methyl sites for hydroxylation is 1. The quantitative estimate of drug-likeness (QED) is 0.561. The third kappa shape index (κ3) is 4.37. The lowest BCUT2D eigenvalue weighted by atomic mass is 10.1. The number of amides is 1. The van der Waals surface area contributed by atoms with Gasteiger partial charge in [0.1, 0.15) is 0 Å². The van der Waals surface area contributed by atoms with Crippen molar-refractivity contribution in [3.63, 3.8) is 0 Å². The highest BCUT2D eigenvalue weighted by molar-refractivity contribution is 7.89. The van der Waals surface area contributed by atoms with E-state index >= 15 is 0 Å². The van der Waals surface area contributed by atoms with E-state index in [2.05, 4.69) is 0 Å². The number of benzene rings is 2. The summed E-state index contributed by atoms with van der Waals surface area (Å²) in [5.41, 5.74) is 1.65. The Balaban J connectivity index is 1.59. The van der Waals surface area contributed by atoms with Crippen molar-refractivity contribution in [2.24, 2.45) is 0 Å². The van der Waals surface area contributed by atoms with Gasteiger partial charge in [0.2, 0.25) is 15.9 Å². The summed E-state index contributed by atoms with van der Waals surface area (Å²) in [4.78, 5) is 24.6. The van der Waals surface area contributed by atoms with E-state index in [4.69, 9.17) is 0 Å². The van der Waals surface area contributed by atoms with Crippen LogP contribution in [0.3, 0.4) is 0 Å². The topological polar surface area (TPSA) is 101 Å². The third-order valence-electron chi connectivity index (χ3n) is 4.75. The van der Waals surface area contributed by atoms with Crippen molar-refractivity contribution >= 4 is 21.6 Å². The summed E-state index contributed by atoms with van der Waals surface area (Å²) in [6.07, 6.45) is 0.128. The Morgan fingerprint density at radius 1 is 1.00 bits per heavy atom. The highest BCUT2D eigenvalue weighted by Gasteiger charge is 2.30. The molecule has 1 aliphatic rings. The van der Waals surface area contributed by atoms with Crippen LogP contribution in [-0.4, -0.2) is 54.6 Å². The predicted molar refractivity (Wildman–Crippen MR) is 103 cm³/mol. The smallest absolute Gasteiger partial charge is 0.269 e. The maximum absolute atomic E-state index is 12.7. The number of nitro benzene ring substituents is 1. The number of rotatable bonds is 5. The molecular formula is C19H21N3O5S. The van der Waals surface area contributed by atoms with Crippen molar-refractivity contribution in [2.75, 3.05) is 26.2 Å². The fraction of sp³-hybridized carbons (Fsp3) is 0.316. The zero-order valence-electron chi connectivity index (χ0n) is 15.4. The minimum absolute atomic E-state index is 0.0221. The Morgan fingerprint density at radius 3 is 2.11 bits per heavy atom. The van der Waals surface area contributed by atoms with Crippen LogP contribution in [0.5, 0.6) is 0 Å². The Bertz CT molecular complexity index is 964. The van der Waals surface area contributed by atoms with Gasteiger partial charge in [-0.25, -0.2) is 8.42 Å². The minimum Gasteiger partial charge on any atom is -0.340 e. The monoisotopic (exact) mass is 403 g/mol. The molecule has 2 aromatic rings. The second kappa shape index (κ2) is 8.07. The summed E-state index contributed by atoms with van der Waals surface area (Å²) in [6.45, 7) is 3.00. The van der Waals surface area contributed by atoms with Gasteiger partial charge in [-0.05, 0) is 24.6 Å². The van der Waals surface area contributed by atoms with E-state index in [0.717, 1.165) is 5.56 Å². The summed E-state index contributed by atoms with van der Waals surface area (Å²) in [7, 11) is -3.57. The highest BCUT2D eigenvalue weighted by Crippen LogP contribution is 2.19. The largest absolute Gasteiger partial charge is 0.340 e. The highest BCUT2D eigenvalue weighted by atomic mass is 32.2.